The van der Waals surface area contributed by atoms with Crippen LogP contribution in [0, 0.1) is 12.7 Å². The molecule has 2 aromatic rings. The number of hydrogen-bond acceptors (Lipinski definition) is 2. The van der Waals surface area contributed by atoms with Crippen LogP contribution in [0.2, 0.25) is 0 Å². The van der Waals surface area contributed by atoms with E-state index >= 15 is 0 Å². The fourth-order valence-electron chi connectivity index (χ4n) is 2.06. The molecule has 0 radical (unpaired) electrons. The summed E-state index contributed by atoms with van der Waals surface area (Å²) in [6.07, 6.45) is 1.99. The number of halogens is 1. The first-order valence-corrected chi connectivity index (χ1v) is 5.54. The van der Waals surface area contributed by atoms with Crippen molar-refractivity contribution in [3.05, 3.63) is 53.1 Å². The molecule has 0 saturated heterocycles. The number of aryl methyl sites for hydroxylation is 2. The van der Waals surface area contributed by atoms with Crippen LogP contribution in [-0.2, 0) is 7.05 Å². The molecule has 1 unspecified atom stereocenters. The van der Waals surface area contributed by atoms with Crippen molar-refractivity contribution in [2.45, 2.75) is 13.0 Å². The summed E-state index contributed by atoms with van der Waals surface area (Å²) in [7, 11) is 3.79. The second kappa shape index (κ2) is 4.67. The van der Waals surface area contributed by atoms with Crippen molar-refractivity contribution in [2.75, 3.05) is 7.05 Å². The first-order chi connectivity index (χ1) is 8.11. The average molecular weight is 233 g/mol. The van der Waals surface area contributed by atoms with E-state index in [0.29, 0.717) is 0 Å². The molecule has 0 spiro atoms. The molecular weight excluding hydrogens is 217 g/mol. The van der Waals surface area contributed by atoms with Crippen LogP contribution in [0.3, 0.4) is 0 Å². The highest BCUT2D eigenvalue weighted by Crippen LogP contribution is 2.23. The molecular formula is C13H16FN3. The lowest BCUT2D eigenvalue weighted by Crippen LogP contribution is -2.18. The number of benzene rings is 1. The fraction of sp³-hybridized carbons (Fsp3) is 0.308. The van der Waals surface area contributed by atoms with E-state index in [4.69, 9.17) is 0 Å². The van der Waals surface area contributed by atoms with E-state index in [0.717, 1.165) is 16.8 Å². The Balaban J connectivity index is 2.39. The van der Waals surface area contributed by atoms with E-state index in [-0.39, 0.29) is 11.9 Å². The predicted molar refractivity (Wildman–Crippen MR) is 65.2 cm³/mol. The molecule has 0 aliphatic carbocycles. The summed E-state index contributed by atoms with van der Waals surface area (Å²) >= 11 is 0. The lowest BCUT2D eigenvalue weighted by atomic mass is 10.00. The van der Waals surface area contributed by atoms with E-state index in [9.17, 15) is 4.39 Å². The Kier molecular flexibility index (Phi) is 3.24. The van der Waals surface area contributed by atoms with Gasteiger partial charge in [-0.3, -0.25) is 4.68 Å². The second-order valence-electron chi connectivity index (χ2n) is 4.12. The largest absolute Gasteiger partial charge is 0.309 e. The molecule has 3 nitrogen and oxygen atoms in total. The van der Waals surface area contributed by atoms with Crippen LogP contribution in [0.15, 0.2) is 30.5 Å². The summed E-state index contributed by atoms with van der Waals surface area (Å²) in [4.78, 5) is 0. The van der Waals surface area contributed by atoms with E-state index < -0.39 is 0 Å². The SMILES string of the molecule is CNC(c1ccc(F)cc1)c1cn(C)nc1C. The normalized spacial score (nSPS) is 12.7. The van der Waals surface area contributed by atoms with E-state index in [1.165, 1.54) is 12.1 Å². The van der Waals surface area contributed by atoms with Crippen LogP contribution < -0.4 is 5.32 Å². The maximum atomic E-state index is 12.9. The van der Waals surface area contributed by atoms with Crippen molar-refractivity contribution in [1.29, 1.82) is 0 Å². The molecule has 0 amide bonds. The molecule has 1 aromatic heterocycles. The summed E-state index contributed by atoms with van der Waals surface area (Å²) in [5.74, 6) is -0.216. The molecule has 2 rings (SSSR count). The van der Waals surface area contributed by atoms with Gasteiger partial charge in [0.15, 0.2) is 0 Å². The van der Waals surface area contributed by atoms with E-state index in [2.05, 4.69) is 10.4 Å². The summed E-state index contributed by atoms with van der Waals surface area (Å²) < 4.78 is 14.7. The van der Waals surface area contributed by atoms with Crippen LogP contribution in [0.4, 0.5) is 4.39 Å². The van der Waals surface area contributed by atoms with Crippen molar-refractivity contribution in [1.82, 2.24) is 15.1 Å². The van der Waals surface area contributed by atoms with Gasteiger partial charge in [-0.1, -0.05) is 12.1 Å². The maximum absolute atomic E-state index is 12.9. The standard InChI is InChI=1S/C13H16FN3/c1-9-12(8-17(3)16-9)13(15-2)10-4-6-11(14)7-5-10/h4-8,13,15H,1-3H3. The van der Waals surface area contributed by atoms with Gasteiger partial charge >= 0.3 is 0 Å². The van der Waals surface area contributed by atoms with Gasteiger partial charge in [-0.2, -0.15) is 5.10 Å². The summed E-state index contributed by atoms with van der Waals surface area (Å²) in [6.45, 7) is 1.98. The van der Waals surface area contributed by atoms with Crippen molar-refractivity contribution in [3.63, 3.8) is 0 Å². The third-order valence-corrected chi connectivity index (χ3v) is 2.85. The molecule has 1 aromatic carbocycles. The fourth-order valence-corrected chi connectivity index (χ4v) is 2.06. The van der Waals surface area contributed by atoms with Gasteiger partial charge in [0.1, 0.15) is 5.82 Å². The number of rotatable bonds is 3. The topological polar surface area (TPSA) is 29.9 Å². The van der Waals surface area contributed by atoms with Crippen LogP contribution in [-0.4, -0.2) is 16.8 Å². The van der Waals surface area contributed by atoms with Crippen LogP contribution in [0.5, 0.6) is 0 Å². The molecule has 1 atom stereocenters. The molecule has 0 bridgehead atoms. The first kappa shape index (κ1) is 11.8. The number of aromatic nitrogens is 2. The van der Waals surface area contributed by atoms with E-state index in [1.54, 1.807) is 16.8 Å². The van der Waals surface area contributed by atoms with Crippen molar-refractivity contribution < 1.29 is 4.39 Å². The minimum atomic E-state index is -0.216. The van der Waals surface area contributed by atoms with Gasteiger partial charge < -0.3 is 5.32 Å². The van der Waals surface area contributed by atoms with Crippen LogP contribution in [0.25, 0.3) is 0 Å². The Bertz CT molecular complexity index is 502. The smallest absolute Gasteiger partial charge is 0.123 e. The molecule has 0 aliphatic rings. The quantitative estimate of drug-likeness (QED) is 0.880. The van der Waals surface area contributed by atoms with Gasteiger partial charge in [-0.15, -0.1) is 0 Å². The summed E-state index contributed by atoms with van der Waals surface area (Å²) in [6, 6.07) is 6.59. The Hall–Kier alpha value is -1.68. The highest BCUT2D eigenvalue weighted by Gasteiger charge is 2.16. The molecule has 0 aliphatic heterocycles. The highest BCUT2D eigenvalue weighted by atomic mass is 19.1. The summed E-state index contributed by atoms with van der Waals surface area (Å²) in [5.41, 5.74) is 3.13. The second-order valence-corrected chi connectivity index (χ2v) is 4.12. The summed E-state index contributed by atoms with van der Waals surface area (Å²) in [5, 5.41) is 7.56. The zero-order valence-corrected chi connectivity index (χ0v) is 10.2. The number of nitrogens with zero attached hydrogens (tertiary/aromatic N) is 2. The Morgan fingerprint density at radius 3 is 2.41 bits per heavy atom. The minimum absolute atomic E-state index is 0.0456. The van der Waals surface area contributed by atoms with Crippen LogP contribution in [0.1, 0.15) is 22.9 Å². The molecule has 0 fully saturated rings. The maximum Gasteiger partial charge on any atom is 0.123 e. The minimum Gasteiger partial charge on any atom is -0.309 e. The Morgan fingerprint density at radius 2 is 1.94 bits per heavy atom. The first-order valence-electron chi connectivity index (χ1n) is 5.54. The zero-order valence-electron chi connectivity index (χ0n) is 10.2. The van der Waals surface area contributed by atoms with Gasteiger partial charge in [-0.25, -0.2) is 4.39 Å². The third-order valence-electron chi connectivity index (χ3n) is 2.85. The van der Waals surface area contributed by atoms with Gasteiger partial charge in [0.25, 0.3) is 0 Å². The molecule has 17 heavy (non-hydrogen) atoms. The monoisotopic (exact) mass is 233 g/mol. The van der Waals surface area contributed by atoms with Crippen molar-refractivity contribution in [2.24, 2.45) is 7.05 Å². The van der Waals surface area contributed by atoms with Gasteiger partial charge in [0, 0.05) is 18.8 Å². The van der Waals surface area contributed by atoms with Gasteiger partial charge in [0.05, 0.1) is 11.7 Å². The molecule has 1 N–H and O–H groups in total. The van der Waals surface area contributed by atoms with Crippen molar-refractivity contribution >= 4 is 0 Å². The molecule has 4 heteroatoms. The van der Waals surface area contributed by atoms with Gasteiger partial charge in [-0.05, 0) is 31.7 Å². The van der Waals surface area contributed by atoms with Crippen molar-refractivity contribution in [3.8, 4) is 0 Å². The van der Waals surface area contributed by atoms with Gasteiger partial charge in [0.2, 0.25) is 0 Å². The molecule has 0 saturated carbocycles. The zero-order chi connectivity index (χ0) is 12.4. The number of hydrogen-bond donors (Lipinski definition) is 1. The average Bonchev–Trinajstić information content (AvgIpc) is 2.62. The lowest BCUT2D eigenvalue weighted by Gasteiger charge is -2.15. The Labute approximate surface area is 100 Å². The Morgan fingerprint density at radius 1 is 1.29 bits per heavy atom. The van der Waals surface area contributed by atoms with E-state index in [1.807, 2.05) is 27.2 Å². The highest BCUT2D eigenvalue weighted by molar-refractivity contribution is 5.32. The number of nitrogens with one attached hydrogen (secondary N) is 1. The molecule has 90 valence electrons. The van der Waals surface area contributed by atoms with Crippen LogP contribution >= 0.6 is 0 Å². The third kappa shape index (κ3) is 2.36. The predicted octanol–water partition coefficient (Wildman–Crippen LogP) is 2.18. The molecule has 1 heterocycles. The lowest BCUT2D eigenvalue weighted by molar-refractivity contribution is 0.623.